The number of pyridine rings is 1. The predicted molar refractivity (Wildman–Crippen MR) is 135 cm³/mol. The molecule has 0 aliphatic heterocycles. The maximum absolute atomic E-state index is 13.6. The molecule has 2 heterocycles. The topological polar surface area (TPSA) is 65.7 Å². The second-order valence-electron chi connectivity index (χ2n) is 7.69. The van der Waals surface area contributed by atoms with Crippen molar-refractivity contribution in [2.24, 2.45) is 4.99 Å². The molecule has 170 valence electrons. The Balaban J connectivity index is 1.70. The van der Waals surface area contributed by atoms with E-state index in [9.17, 15) is 4.79 Å². The van der Waals surface area contributed by atoms with E-state index in [0.717, 1.165) is 38.1 Å². The van der Waals surface area contributed by atoms with E-state index in [1.165, 1.54) is 11.3 Å². The quantitative estimate of drug-likeness (QED) is 0.338. The fourth-order valence-electron chi connectivity index (χ4n) is 3.99. The highest BCUT2D eigenvalue weighted by Crippen LogP contribution is 2.28. The number of methoxy groups -OCH3 is 2. The normalized spacial score (nSPS) is 11.9. The van der Waals surface area contributed by atoms with Crippen molar-refractivity contribution in [2.75, 3.05) is 20.8 Å². The zero-order valence-corrected chi connectivity index (χ0v) is 19.7. The van der Waals surface area contributed by atoms with Gasteiger partial charge in [0, 0.05) is 24.6 Å². The summed E-state index contributed by atoms with van der Waals surface area (Å²) < 4.78 is 13.9. The molecule has 1 amide bonds. The van der Waals surface area contributed by atoms with Crippen molar-refractivity contribution in [3.8, 4) is 17.0 Å². The van der Waals surface area contributed by atoms with Crippen LogP contribution in [-0.2, 0) is 11.3 Å². The molecule has 0 aliphatic carbocycles. The molecule has 0 bridgehead atoms. The number of carbonyl (C=O) groups excluding carboxylic acids is 1. The summed E-state index contributed by atoms with van der Waals surface area (Å²) in [6.07, 6.45) is 0. The van der Waals surface area contributed by atoms with Crippen molar-refractivity contribution in [1.82, 2.24) is 9.55 Å². The van der Waals surface area contributed by atoms with Crippen LogP contribution in [0.3, 0.4) is 0 Å². The standard InChI is InChI=1S/C27H23N3O3S/c1-32-16-15-30-25-23(33-2)13-8-14-24(25)34-27(30)29-26(31)20-17-22(18-9-4-3-5-10-18)28-21-12-7-6-11-19(20)21/h3-14,17H,15-16H2,1-2H3. The van der Waals surface area contributed by atoms with Crippen LogP contribution in [0.15, 0.2) is 83.9 Å². The van der Waals surface area contributed by atoms with E-state index in [4.69, 9.17) is 14.5 Å². The van der Waals surface area contributed by atoms with Gasteiger partial charge in [0.15, 0.2) is 4.80 Å². The molecule has 0 saturated carbocycles. The smallest absolute Gasteiger partial charge is 0.280 e. The van der Waals surface area contributed by atoms with Crippen LogP contribution in [0, 0.1) is 0 Å². The highest BCUT2D eigenvalue weighted by atomic mass is 32.1. The molecule has 0 N–H and O–H groups in total. The molecule has 2 aromatic heterocycles. The minimum atomic E-state index is -0.313. The van der Waals surface area contributed by atoms with Crippen LogP contribution in [0.5, 0.6) is 5.75 Å². The third-order valence-corrected chi connectivity index (χ3v) is 6.66. The van der Waals surface area contributed by atoms with Crippen molar-refractivity contribution in [3.63, 3.8) is 0 Å². The number of amides is 1. The van der Waals surface area contributed by atoms with Crippen LogP contribution < -0.4 is 9.54 Å². The van der Waals surface area contributed by atoms with Gasteiger partial charge in [0.1, 0.15) is 11.3 Å². The van der Waals surface area contributed by atoms with Gasteiger partial charge >= 0.3 is 0 Å². The molecule has 3 aromatic carbocycles. The molecule has 34 heavy (non-hydrogen) atoms. The van der Waals surface area contributed by atoms with E-state index < -0.39 is 0 Å². The Labute approximate surface area is 200 Å². The van der Waals surface area contributed by atoms with Crippen molar-refractivity contribution in [3.05, 3.63) is 89.2 Å². The summed E-state index contributed by atoms with van der Waals surface area (Å²) in [7, 11) is 3.30. The lowest BCUT2D eigenvalue weighted by molar-refractivity contribution is 0.0999. The molecule has 0 unspecified atom stereocenters. The number of thiazole rings is 1. The second kappa shape index (κ2) is 9.59. The lowest BCUT2D eigenvalue weighted by Crippen LogP contribution is -2.19. The first-order valence-corrected chi connectivity index (χ1v) is 11.7. The zero-order chi connectivity index (χ0) is 23.5. The number of fused-ring (bicyclic) bond motifs is 2. The summed E-state index contributed by atoms with van der Waals surface area (Å²) in [5.74, 6) is 0.423. The first-order valence-electron chi connectivity index (χ1n) is 10.9. The van der Waals surface area contributed by atoms with Gasteiger partial charge in [-0.1, -0.05) is 65.9 Å². The van der Waals surface area contributed by atoms with Crippen LogP contribution in [0.1, 0.15) is 10.4 Å². The molecule has 5 aromatic rings. The Morgan fingerprint density at radius 1 is 1.00 bits per heavy atom. The molecule has 0 radical (unpaired) electrons. The van der Waals surface area contributed by atoms with Gasteiger partial charge in [0.05, 0.1) is 35.2 Å². The highest BCUT2D eigenvalue weighted by molar-refractivity contribution is 7.16. The number of hydrogen-bond donors (Lipinski definition) is 0. The summed E-state index contributed by atoms with van der Waals surface area (Å²) >= 11 is 1.46. The summed E-state index contributed by atoms with van der Waals surface area (Å²) in [5.41, 5.74) is 3.87. The van der Waals surface area contributed by atoms with Gasteiger partial charge in [-0.2, -0.15) is 4.99 Å². The number of benzene rings is 3. The van der Waals surface area contributed by atoms with Gasteiger partial charge in [0.2, 0.25) is 0 Å². The van der Waals surface area contributed by atoms with Gasteiger partial charge in [-0.3, -0.25) is 4.79 Å². The number of aromatic nitrogens is 2. The maximum Gasteiger partial charge on any atom is 0.280 e. The molecular weight excluding hydrogens is 446 g/mol. The minimum absolute atomic E-state index is 0.313. The number of hydrogen-bond acceptors (Lipinski definition) is 5. The van der Waals surface area contributed by atoms with Crippen molar-refractivity contribution in [2.45, 2.75) is 6.54 Å². The van der Waals surface area contributed by atoms with Gasteiger partial charge in [0.25, 0.3) is 5.91 Å². The van der Waals surface area contributed by atoms with Gasteiger partial charge in [-0.05, 0) is 24.3 Å². The molecule has 0 saturated heterocycles. The van der Waals surface area contributed by atoms with E-state index in [1.807, 2.05) is 83.4 Å². The summed E-state index contributed by atoms with van der Waals surface area (Å²) in [6, 6.07) is 25.2. The van der Waals surface area contributed by atoms with Crippen LogP contribution in [0.4, 0.5) is 0 Å². The monoisotopic (exact) mass is 469 g/mol. The summed E-state index contributed by atoms with van der Waals surface area (Å²) in [6.45, 7) is 1.04. The zero-order valence-electron chi connectivity index (χ0n) is 18.9. The van der Waals surface area contributed by atoms with E-state index >= 15 is 0 Å². The van der Waals surface area contributed by atoms with Gasteiger partial charge in [-0.25, -0.2) is 4.98 Å². The lowest BCUT2D eigenvalue weighted by Gasteiger charge is -2.09. The second-order valence-corrected chi connectivity index (χ2v) is 8.70. The van der Waals surface area contributed by atoms with Crippen LogP contribution >= 0.6 is 11.3 Å². The number of rotatable bonds is 6. The number of ether oxygens (including phenoxy) is 2. The fourth-order valence-corrected chi connectivity index (χ4v) is 5.07. The van der Waals surface area contributed by atoms with Crippen LogP contribution in [-0.4, -0.2) is 36.3 Å². The largest absolute Gasteiger partial charge is 0.495 e. The predicted octanol–water partition coefficient (Wildman–Crippen LogP) is 5.31. The lowest BCUT2D eigenvalue weighted by atomic mass is 10.0. The van der Waals surface area contributed by atoms with Gasteiger partial charge < -0.3 is 14.0 Å². The van der Waals surface area contributed by atoms with E-state index in [0.29, 0.717) is 23.5 Å². The highest BCUT2D eigenvalue weighted by Gasteiger charge is 2.16. The maximum atomic E-state index is 13.6. The van der Waals surface area contributed by atoms with Crippen LogP contribution in [0.25, 0.3) is 32.4 Å². The molecular formula is C27H23N3O3S. The molecule has 5 rings (SSSR count). The third-order valence-electron chi connectivity index (χ3n) is 5.62. The minimum Gasteiger partial charge on any atom is -0.495 e. The van der Waals surface area contributed by atoms with E-state index in [2.05, 4.69) is 4.99 Å². The van der Waals surface area contributed by atoms with E-state index in [1.54, 1.807) is 14.2 Å². The third kappa shape index (κ3) is 4.11. The Morgan fingerprint density at radius 2 is 1.79 bits per heavy atom. The molecule has 0 fully saturated rings. The Bertz CT molecular complexity index is 1550. The van der Waals surface area contributed by atoms with Crippen LogP contribution in [0.2, 0.25) is 0 Å². The number of carbonyl (C=O) groups is 1. The number of para-hydroxylation sites is 2. The Kier molecular flexibility index (Phi) is 6.20. The summed E-state index contributed by atoms with van der Waals surface area (Å²) in [4.78, 5) is 23.6. The fraction of sp³-hybridized carbons (Fsp3) is 0.148. The van der Waals surface area contributed by atoms with E-state index in [-0.39, 0.29) is 5.91 Å². The molecule has 0 aliphatic rings. The average molecular weight is 470 g/mol. The Morgan fingerprint density at radius 3 is 2.59 bits per heavy atom. The SMILES string of the molecule is COCCn1c(=NC(=O)c2cc(-c3ccccc3)nc3ccccc23)sc2cccc(OC)c21. The molecule has 0 atom stereocenters. The first kappa shape index (κ1) is 22.0. The van der Waals surface area contributed by atoms with Gasteiger partial charge in [-0.15, -0.1) is 0 Å². The van der Waals surface area contributed by atoms with Crippen molar-refractivity contribution >= 4 is 38.4 Å². The number of nitrogens with zero attached hydrogens (tertiary/aromatic N) is 3. The molecule has 0 spiro atoms. The molecule has 6 nitrogen and oxygen atoms in total. The van der Waals surface area contributed by atoms with Crippen molar-refractivity contribution < 1.29 is 14.3 Å². The average Bonchev–Trinajstić information content (AvgIpc) is 3.24. The molecule has 7 heteroatoms. The first-order chi connectivity index (χ1) is 16.7. The summed E-state index contributed by atoms with van der Waals surface area (Å²) in [5, 5.41) is 0.776. The van der Waals surface area contributed by atoms with Crippen molar-refractivity contribution in [1.29, 1.82) is 0 Å². The Hall–Kier alpha value is -3.81.